The Kier molecular flexibility index (Phi) is 5.55. The number of fused-ring (bicyclic) bond motifs is 2. The van der Waals surface area contributed by atoms with Gasteiger partial charge in [-0.15, -0.1) is 0 Å². The van der Waals surface area contributed by atoms with Crippen molar-refractivity contribution in [3.8, 4) is 11.5 Å². The first kappa shape index (κ1) is 21.7. The Morgan fingerprint density at radius 1 is 0.941 bits per heavy atom. The van der Waals surface area contributed by atoms with E-state index in [1.54, 1.807) is 20.4 Å². The molecule has 2 N–H and O–H groups in total. The minimum absolute atomic E-state index is 0.149. The number of hydrogen-bond donors (Lipinski definition) is 2. The van der Waals surface area contributed by atoms with Crippen LogP contribution >= 0.6 is 0 Å². The quantitative estimate of drug-likeness (QED) is 0.388. The number of nitrogens with one attached hydrogen (secondary N) is 2. The first-order valence-electron chi connectivity index (χ1n) is 10.9. The number of benzene rings is 3. The smallest absolute Gasteiger partial charge is 0.242 e. The Balaban J connectivity index is 1.65. The van der Waals surface area contributed by atoms with Gasteiger partial charge in [0, 0.05) is 28.4 Å². The summed E-state index contributed by atoms with van der Waals surface area (Å²) in [4.78, 5) is 29.5. The zero-order valence-electron chi connectivity index (χ0n) is 18.8. The Bertz CT molecular complexity index is 1360. The number of ether oxygens (including phenoxy) is 3. The Labute approximate surface area is 196 Å². The second-order valence-corrected chi connectivity index (χ2v) is 8.14. The zero-order valence-corrected chi connectivity index (χ0v) is 18.8. The number of methoxy groups -OCH3 is 2. The van der Waals surface area contributed by atoms with Crippen LogP contribution in [0.25, 0.3) is 10.9 Å². The molecule has 1 aliphatic rings. The highest BCUT2D eigenvalue weighted by molar-refractivity contribution is 6.13. The molecule has 0 saturated carbocycles. The van der Waals surface area contributed by atoms with Gasteiger partial charge in [0.1, 0.15) is 23.0 Å². The van der Waals surface area contributed by atoms with Crippen LogP contribution in [0.5, 0.6) is 11.5 Å². The van der Waals surface area contributed by atoms with Crippen LogP contribution in [0.4, 0.5) is 5.69 Å². The molecule has 0 saturated heterocycles. The van der Waals surface area contributed by atoms with Crippen LogP contribution in [-0.2, 0) is 26.3 Å². The molecule has 5 rings (SSSR count). The molecule has 0 bridgehead atoms. The minimum Gasteiger partial charge on any atom is -0.497 e. The number of rotatable bonds is 8. The molecule has 1 aliphatic heterocycles. The van der Waals surface area contributed by atoms with Crippen LogP contribution in [0.3, 0.4) is 0 Å². The third kappa shape index (κ3) is 3.33. The lowest BCUT2D eigenvalue weighted by atomic mass is 9.71. The van der Waals surface area contributed by atoms with E-state index in [0.717, 1.165) is 22.2 Å². The van der Waals surface area contributed by atoms with E-state index < -0.39 is 11.5 Å². The van der Waals surface area contributed by atoms with Crippen molar-refractivity contribution in [1.29, 1.82) is 0 Å². The topological polar surface area (TPSA) is 89.7 Å². The van der Waals surface area contributed by atoms with E-state index in [1.165, 1.54) is 0 Å². The van der Waals surface area contributed by atoms with E-state index in [-0.39, 0.29) is 12.5 Å². The van der Waals surface area contributed by atoms with Crippen molar-refractivity contribution >= 4 is 28.8 Å². The van der Waals surface area contributed by atoms with Crippen molar-refractivity contribution in [2.24, 2.45) is 0 Å². The summed E-state index contributed by atoms with van der Waals surface area (Å²) in [5.74, 6) is 1.06. The molecule has 0 radical (unpaired) electrons. The molecule has 0 fully saturated rings. The molecule has 172 valence electrons. The predicted molar refractivity (Wildman–Crippen MR) is 128 cm³/mol. The monoisotopic (exact) mass is 456 g/mol. The third-order valence-corrected chi connectivity index (χ3v) is 6.41. The lowest BCUT2D eigenvalue weighted by molar-refractivity contribution is -0.133. The summed E-state index contributed by atoms with van der Waals surface area (Å²) in [5.41, 5.74) is 2.30. The van der Waals surface area contributed by atoms with Crippen LogP contribution in [-0.4, -0.2) is 37.5 Å². The molecule has 0 spiro atoms. The number of hydrogen-bond acceptors (Lipinski definition) is 5. The van der Waals surface area contributed by atoms with Crippen LogP contribution in [0, 0.1) is 0 Å². The first-order chi connectivity index (χ1) is 16.6. The van der Waals surface area contributed by atoms with E-state index in [2.05, 4.69) is 10.3 Å². The predicted octanol–water partition coefficient (Wildman–Crippen LogP) is 4.21. The summed E-state index contributed by atoms with van der Waals surface area (Å²) in [6.07, 6.45) is 1.41. The molecule has 7 nitrogen and oxygen atoms in total. The molecule has 1 amide bonds. The van der Waals surface area contributed by atoms with Crippen molar-refractivity contribution in [3.63, 3.8) is 0 Å². The van der Waals surface area contributed by atoms with Crippen molar-refractivity contribution in [2.45, 2.75) is 18.1 Å². The maximum atomic E-state index is 13.7. The Morgan fingerprint density at radius 2 is 1.68 bits per heavy atom. The molecule has 4 aromatic rings. The van der Waals surface area contributed by atoms with E-state index in [4.69, 9.17) is 14.2 Å². The van der Waals surface area contributed by atoms with E-state index in [9.17, 15) is 9.59 Å². The van der Waals surface area contributed by atoms with Crippen LogP contribution in [0.2, 0.25) is 0 Å². The van der Waals surface area contributed by atoms with Gasteiger partial charge in [0.15, 0.2) is 6.29 Å². The van der Waals surface area contributed by atoms with Gasteiger partial charge in [-0.2, -0.15) is 0 Å². The number of amides is 1. The number of carbonyl (C=O) groups is 2. The number of aldehydes is 1. The van der Waals surface area contributed by atoms with Crippen LogP contribution in [0.1, 0.15) is 16.7 Å². The summed E-state index contributed by atoms with van der Waals surface area (Å²) in [6.45, 7) is 0.149. The second kappa shape index (κ2) is 8.68. The van der Waals surface area contributed by atoms with Gasteiger partial charge in [-0.05, 0) is 47.5 Å². The molecule has 34 heavy (non-hydrogen) atoms. The van der Waals surface area contributed by atoms with Crippen LogP contribution in [0.15, 0.2) is 72.9 Å². The van der Waals surface area contributed by atoms with Gasteiger partial charge in [0.25, 0.3) is 0 Å². The van der Waals surface area contributed by atoms with Gasteiger partial charge in [0.2, 0.25) is 5.91 Å². The first-order valence-corrected chi connectivity index (χ1v) is 10.9. The maximum Gasteiger partial charge on any atom is 0.242 e. The van der Waals surface area contributed by atoms with Gasteiger partial charge >= 0.3 is 0 Å². The summed E-state index contributed by atoms with van der Waals surface area (Å²) in [5, 5.41) is 3.74. The van der Waals surface area contributed by atoms with Gasteiger partial charge < -0.3 is 29.3 Å². The molecule has 0 aliphatic carbocycles. The number of aromatic nitrogens is 1. The highest BCUT2D eigenvalue weighted by Gasteiger charge is 2.55. The number of anilines is 1. The molecular weight excluding hydrogens is 432 g/mol. The fourth-order valence-electron chi connectivity index (χ4n) is 4.71. The normalized spacial score (nSPS) is 17.8. The fourth-order valence-corrected chi connectivity index (χ4v) is 4.71. The van der Waals surface area contributed by atoms with Gasteiger partial charge in [0.05, 0.1) is 20.8 Å². The summed E-state index contributed by atoms with van der Waals surface area (Å²) >= 11 is 0. The van der Waals surface area contributed by atoms with Crippen LogP contribution < -0.4 is 14.8 Å². The zero-order chi connectivity index (χ0) is 23.7. The van der Waals surface area contributed by atoms with Gasteiger partial charge in [-0.25, -0.2) is 0 Å². The molecule has 1 aromatic heterocycles. The highest BCUT2D eigenvalue weighted by Crippen LogP contribution is 2.48. The number of carbonyl (C=O) groups excluding carboxylic acids is 2. The SMILES string of the molecule is COc1ccc(COC(C=O)C2(c3c[nH]c4ccc(OC)cc34)C(=O)Nc3ccccc32)cc1. The lowest BCUT2D eigenvalue weighted by Gasteiger charge is -2.33. The Hall–Kier alpha value is -4.10. The number of para-hydroxylation sites is 1. The molecular formula is C27H24N2O5. The lowest BCUT2D eigenvalue weighted by Crippen LogP contribution is -2.48. The second-order valence-electron chi connectivity index (χ2n) is 8.14. The third-order valence-electron chi connectivity index (χ3n) is 6.41. The standard InChI is InChI=1S/C27H24N2O5/c1-32-18-9-7-17(8-10-18)16-34-25(15-30)27(21-5-3-4-6-24(21)29-26(27)31)22-14-28-23-12-11-19(33-2)13-20(22)23/h3-15,25,28H,16H2,1-2H3,(H,29,31). The fraction of sp³-hybridized carbons (Fsp3) is 0.185. The van der Waals surface area contributed by atoms with Gasteiger partial charge in [-0.3, -0.25) is 4.79 Å². The minimum atomic E-state index is -1.38. The van der Waals surface area contributed by atoms with E-state index in [0.29, 0.717) is 28.8 Å². The van der Waals surface area contributed by atoms with Crippen molar-refractivity contribution in [3.05, 3.63) is 89.6 Å². The average molecular weight is 456 g/mol. The molecule has 2 heterocycles. The summed E-state index contributed by atoms with van der Waals surface area (Å²) in [7, 11) is 3.19. The highest BCUT2D eigenvalue weighted by atomic mass is 16.5. The maximum absolute atomic E-state index is 13.7. The molecule has 2 atom stereocenters. The van der Waals surface area contributed by atoms with Crippen molar-refractivity contribution in [2.75, 3.05) is 19.5 Å². The Morgan fingerprint density at radius 3 is 2.41 bits per heavy atom. The van der Waals surface area contributed by atoms with Gasteiger partial charge in [-0.1, -0.05) is 30.3 Å². The van der Waals surface area contributed by atoms with E-state index >= 15 is 0 Å². The molecule has 2 unspecified atom stereocenters. The molecule has 3 aromatic carbocycles. The summed E-state index contributed by atoms with van der Waals surface area (Å²) < 4.78 is 16.8. The van der Waals surface area contributed by atoms with Crippen molar-refractivity contribution in [1.82, 2.24) is 4.98 Å². The average Bonchev–Trinajstić information content (AvgIpc) is 3.43. The summed E-state index contributed by atoms with van der Waals surface area (Å²) in [6, 6.07) is 20.4. The largest absolute Gasteiger partial charge is 0.497 e. The number of aromatic amines is 1. The molecule has 7 heteroatoms. The van der Waals surface area contributed by atoms with Crippen molar-refractivity contribution < 1.29 is 23.8 Å². The van der Waals surface area contributed by atoms with E-state index in [1.807, 2.05) is 66.7 Å². The number of H-pyrrole nitrogens is 1.